The number of hydrogen-bond acceptors (Lipinski definition) is 4. The number of nitrogens with one attached hydrogen (secondary N) is 1. The van der Waals surface area contributed by atoms with Gasteiger partial charge in [-0.25, -0.2) is 0 Å². The van der Waals surface area contributed by atoms with Gasteiger partial charge in [-0.1, -0.05) is 30.3 Å². The van der Waals surface area contributed by atoms with E-state index in [0.29, 0.717) is 30.4 Å². The van der Waals surface area contributed by atoms with Gasteiger partial charge in [-0.3, -0.25) is 4.79 Å². The Morgan fingerprint density at radius 2 is 1.82 bits per heavy atom. The SMILES string of the molecule is O=C(Cc1coc2ccc3ccccc3c12)Nc1cc2c(cc1Br)OCCO2. The largest absolute Gasteiger partial charge is 0.486 e. The van der Waals surface area contributed by atoms with E-state index in [4.69, 9.17) is 13.9 Å². The fourth-order valence-corrected chi connectivity index (χ4v) is 3.95. The molecular weight excluding hydrogens is 422 g/mol. The minimum Gasteiger partial charge on any atom is -0.486 e. The van der Waals surface area contributed by atoms with Crippen LogP contribution in [0.4, 0.5) is 5.69 Å². The molecule has 1 aliphatic rings. The number of ether oxygens (including phenoxy) is 2. The second-order valence-electron chi connectivity index (χ2n) is 6.62. The Kier molecular flexibility index (Phi) is 4.20. The van der Waals surface area contributed by atoms with Gasteiger partial charge in [0, 0.05) is 27.6 Å². The summed E-state index contributed by atoms with van der Waals surface area (Å²) in [5.74, 6) is 1.17. The first-order chi connectivity index (χ1) is 13.7. The predicted molar refractivity (Wildman–Crippen MR) is 111 cm³/mol. The van der Waals surface area contributed by atoms with Gasteiger partial charge in [-0.05, 0) is 32.8 Å². The molecule has 0 atom stereocenters. The number of amides is 1. The summed E-state index contributed by atoms with van der Waals surface area (Å²) in [5.41, 5.74) is 2.28. The summed E-state index contributed by atoms with van der Waals surface area (Å²) in [4.78, 5) is 12.7. The molecule has 4 aromatic rings. The number of fused-ring (bicyclic) bond motifs is 4. The summed E-state index contributed by atoms with van der Waals surface area (Å²) >= 11 is 3.49. The highest BCUT2D eigenvalue weighted by Crippen LogP contribution is 2.38. The number of rotatable bonds is 3. The highest BCUT2D eigenvalue weighted by atomic mass is 79.9. The fraction of sp³-hybridized carbons (Fsp3) is 0.136. The van der Waals surface area contributed by atoms with Crippen LogP contribution in [-0.4, -0.2) is 19.1 Å². The van der Waals surface area contributed by atoms with Crippen molar-refractivity contribution in [3.63, 3.8) is 0 Å². The minimum absolute atomic E-state index is 0.131. The highest BCUT2D eigenvalue weighted by molar-refractivity contribution is 9.10. The number of carbonyl (C=O) groups is 1. The lowest BCUT2D eigenvalue weighted by molar-refractivity contribution is -0.115. The van der Waals surface area contributed by atoms with Crippen molar-refractivity contribution in [1.29, 1.82) is 0 Å². The van der Waals surface area contributed by atoms with Crippen molar-refractivity contribution in [1.82, 2.24) is 0 Å². The van der Waals surface area contributed by atoms with Crippen LogP contribution < -0.4 is 14.8 Å². The first-order valence-corrected chi connectivity index (χ1v) is 9.75. The number of furan rings is 1. The topological polar surface area (TPSA) is 60.7 Å². The number of hydrogen-bond donors (Lipinski definition) is 1. The van der Waals surface area contributed by atoms with Gasteiger partial charge in [0.1, 0.15) is 18.8 Å². The summed E-state index contributed by atoms with van der Waals surface area (Å²) < 4.78 is 17.6. The molecule has 0 unspecified atom stereocenters. The van der Waals surface area contributed by atoms with Crippen molar-refractivity contribution in [3.05, 3.63) is 64.8 Å². The maximum atomic E-state index is 12.7. The summed E-state index contributed by atoms with van der Waals surface area (Å²) in [6.45, 7) is 1.02. The number of halogens is 1. The maximum absolute atomic E-state index is 12.7. The molecule has 5 nitrogen and oxygen atoms in total. The third-order valence-corrected chi connectivity index (χ3v) is 5.45. The Bertz CT molecular complexity index is 1210. The van der Waals surface area contributed by atoms with Crippen LogP contribution in [0.1, 0.15) is 5.56 Å². The van der Waals surface area contributed by atoms with E-state index in [0.717, 1.165) is 31.8 Å². The Morgan fingerprint density at radius 3 is 2.68 bits per heavy atom. The van der Waals surface area contributed by atoms with Gasteiger partial charge in [0.25, 0.3) is 0 Å². The third-order valence-electron chi connectivity index (χ3n) is 4.80. The molecule has 0 radical (unpaired) electrons. The fourth-order valence-electron chi connectivity index (χ4n) is 3.53. The first-order valence-electron chi connectivity index (χ1n) is 8.96. The molecule has 5 rings (SSSR count). The van der Waals surface area contributed by atoms with E-state index in [1.54, 1.807) is 12.3 Å². The van der Waals surface area contributed by atoms with Crippen molar-refractivity contribution in [3.8, 4) is 11.5 Å². The second kappa shape index (κ2) is 6.87. The molecule has 0 fully saturated rings. The average molecular weight is 438 g/mol. The molecule has 0 saturated carbocycles. The Labute approximate surface area is 169 Å². The van der Waals surface area contributed by atoms with E-state index < -0.39 is 0 Å². The van der Waals surface area contributed by atoms with Crippen LogP contribution >= 0.6 is 15.9 Å². The van der Waals surface area contributed by atoms with Gasteiger partial charge in [-0.2, -0.15) is 0 Å². The van der Waals surface area contributed by atoms with Gasteiger partial charge in [0.05, 0.1) is 18.4 Å². The molecule has 3 aromatic carbocycles. The number of carbonyl (C=O) groups excluding carboxylic acids is 1. The van der Waals surface area contributed by atoms with E-state index in [-0.39, 0.29) is 12.3 Å². The molecule has 1 amide bonds. The van der Waals surface area contributed by atoms with Gasteiger partial charge in [0.2, 0.25) is 5.91 Å². The molecule has 0 saturated heterocycles. The van der Waals surface area contributed by atoms with E-state index >= 15 is 0 Å². The van der Waals surface area contributed by atoms with Crippen molar-refractivity contribution < 1.29 is 18.7 Å². The van der Waals surface area contributed by atoms with E-state index in [1.807, 2.05) is 36.4 Å². The number of anilines is 1. The molecule has 1 aliphatic heterocycles. The van der Waals surface area contributed by atoms with Gasteiger partial charge in [0.15, 0.2) is 11.5 Å². The van der Waals surface area contributed by atoms with Crippen molar-refractivity contribution in [2.45, 2.75) is 6.42 Å². The molecule has 28 heavy (non-hydrogen) atoms. The van der Waals surface area contributed by atoms with Crippen LogP contribution in [0.25, 0.3) is 21.7 Å². The van der Waals surface area contributed by atoms with Gasteiger partial charge < -0.3 is 19.2 Å². The van der Waals surface area contributed by atoms with Crippen LogP contribution in [0.15, 0.2) is 63.7 Å². The van der Waals surface area contributed by atoms with Crippen LogP contribution in [0, 0.1) is 0 Å². The Hall–Kier alpha value is -2.99. The molecular formula is C22H16BrNO4. The normalized spacial score (nSPS) is 13.0. The highest BCUT2D eigenvalue weighted by Gasteiger charge is 2.18. The summed E-state index contributed by atoms with van der Waals surface area (Å²) in [6.07, 6.45) is 1.87. The van der Waals surface area contributed by atoms with Crippen molar-refractivity contribution in [2.75, 3.05) is 18.5 Å². The molecule has 0 bridgehead atoms. The molecule has 0 aliphatic carbocycles. The lowest BCUT2D eigenvalue weighted by Gasteiger charge is -2.20. The maximum Gasteiger partial charge on any atom is 0.228 e. The van der Waals surface area contributed by atoms with Crippen LogP contribution in [0.2, 0.25) is 0 Å². The molecule has 140 valence electrons. The van der Waals surface area contributed by atoms with Gasteiger partial charge >= 0.3 is 0 Å². The van der Waals surface area contributed by atoms with E-state index in [9.17, 15) is 4.79 Å². The van der Waals surface area contributed by atoms with Crippen molar-refractivity contribution in [2.24, 2.45) is 0 Å². The standard InChI is InChI=1S/C22H16BrNO4/c23-16-10-19-20(27-8-7-26-19)11-17(16)24-21(25)9-14-12-28-18-6-5-13-3-1-2-4-15(13)22(14)18/h1-6,10-12H,7-9H2,(H,24,25). The third kappa shape index (κ3) is 2.99. The average Bonchev–Trinajstić information content (AvgIpc) is 3.12. The van der Waals surface area contributed by atoms with Crippen LogP contribution in [-0.2, 0) is 11.2 Å². The molecule has 2 heterocycles. The quantitative estimate of drug-likeness (QED) is 0.472. The summed E-state index contributed by atoms with van der Waals surface area (Å²) in [6, 6.07) is 15.6. The lowest BCUT2D eigenvalue weighted by Crippen LogP contribution is -2.17. The van der Waals surface area contributed by atoms with E-state index in [2.05, 4.69) is 27.3 Å². The zero-order valence-corrected chi connectivity index (χ0v) is 16.4. The zero-order chi connectivity index (χ0) is 19.1. The Balaban J connectivity index is 1.44. The monoisotopic (exact) mass is 437 g/mol. The summed E-state index contributed by atoms with van der Waals surface area (Å²) in [7, 11) is 0. The van der Waals surface area contributed by atoms with Crippen LogP contribution in [0.3, 0.4) is 0 Å². The smallest absolute Gasteiger partial charge is 0.228 e. The van der Waals surface area contributed by atoms with Gasteiger partial charge in [-0.15, -0.1) is 0 Å². The Morgan fingerprint density at radius 1 is 1.04 bits per heavy atom. The predicted octanol–water partition coefficient (Wildman–Crippen LogP) is 5.30. The zero-order valence-electron chi connectivity index (χ0n) is 14.8. The molecule has 6 heteroatoms. The second-order valence-corrected chi connectivity index (χ2v) is 7.48. The first kappa shape index (κ1) is 17.1. The number of benzene rings is 3. The van der Waals surface area contributed by atoms with E-state index in [1.165, 1.54) is 0 Å². The summed E-state index contributed by atoms with van der Waals surface area (Å²) in [5, 5.41) is 6.13. The minimum atomic E-state index is -0.131. The molecule has 1 N–H and O–H groups in total. The van der Waals surface area contributed by atoms with Crippen molar-refractivity contribution >= 4 is 49.3 Å². The lowest BCUT2D eigenvalue weighted by atomic mass is 10.0. The van der Waals surface area contributed by atoms with Crippen LogP contribution in [0.5, 0.6) is 11.5 Å². The molecule has 1 aromatic heterocycles. The molecule has 0 spiro atoms.